The predicted octanol–water partition coefficient (Wildman–Crippen LogP) is 3.35. The van der Waals surface area contributed by atoms with Crippen molar-refractivity contribution in [2.45, 2.75) is 58.0 Å². The van der Waals surface area contributed by atoms with Crippen LogP contribution in [0.5, 0.6) is 0 Å². The van der Waals surface area contributed by atoms with Gasteiger partial charge in [-0.1, -0.05) is 31.5 Å². The summed E-state index contributed by atoms with van der Waals surface area (Å²) in [6, 6.07) is 3.55. The van der Waals surface area contributed by atoms with Gasteiger partial charge < -0.3 is 9.64 Å². The summed E-state index contributed by atoms with van der Waals surface area (Å²) in [5.41, 5.74) is 0.580. The van der Waals surface area contributed by atoms with Gasteiger partial charge in [0.25, 0.3) is 0 Å². The molecule has 1 aromatic rings. The lowest BCUT2D eigenvalue weighted by molar-refractivity contribution is -0.139. The normalized spacial score (nSPS) is 31.9. The molecule has 3 atom stereocenters. The number of ether oxygens (including phenoxy) is 1. The van der Waals surface area contributed by atoms with Gasteiger partial charge in [0.2, 0.25) is 5.91 Å². The predicted molar refractivity (Wildman–Crippen MR) is 93.7 cm³/mol. The summed E-state index contributed by atoms with van der Waals surface area (Å²) in [7, 11) is 0. The maximum absolute atomic E-state index is 14.6. The molecule has 0 unspecified atom stereocenters. The lowest BCUT2D eigenvalue weighted by Crippen LogP contribution is -2.50. The first-order valence-electron chi connectivity index (χ1n) is 8.99. The smallest absolute Gasteiger partial charge is 0.226 e. The number of benzene rings is 1. The van der Waals surface area contributed by atoms with E-state index in [1.165, 1.54) is 0 Å². The summed E-state index contributed by atoms with van der Waals surface area (Å²) in [5, 5.41) is 0.442. The fraction of sp³-hybridized carbons (Fsp3) is 0.632. The third kappa shape index (κ3) is 2.43. The zero-order chi connectivity index (χ0) is 17.9. The van der Waals surface area contributed by atoms with E-state index in [1.807, 2.05) is 4.90 Å². The van der Waals surface area contributed by atoms with Gasteiger partial charge in [0.05, 0.1) is 18.7 Å². The number of nitrogens with zero attached hydrogens (tertiary/aromatic N) is 2. The minimum Gasteiger partial charge on any atom is -0.352 e. The van der Waals surface area contributed by atoms with E-state index in [0.717, 1.165) is 13.0 Å². The van der Waals surface area contributed by atoms with Crippen LogP contribution in [0.15, 0.2) is 12.1 Å². The van der Waals surface area contributed by atoms with Crippen molar-refractivity contribution >= 4 is 17.5 Å². The Labute approximate surface area is 152 Å². The molecule has 0 radical (unpaired) electrons. The SMILES string of the molecule is Cc1ccc(Cl)c(CN2CC[C@@]34OC[C@@H](C(C)C)N3C(=O)C[C@@H]24)c1F. The highest BCUT2D eigenvalue weighted by molar-refractivity contribution is 6.31. The van der Waals surface area contributed by atoms with Crippen LogP contribution in [0.4, 0.5) is 4.39 Å². The second-order valence-electron chi connectivity index (χ2n) is 7.83. The second kappa shape index (κ2) is 5.93. The maximum Gasteiger partial charge on any atom is 0.226 e. The van der Waals surface area contributed by atoms with Crippen LogP contribution in [0.1, 0.15) is 37.8 Å². The van der Waals surface area contributed by atoms with E-state index in [4.69, 9.17) is 16.3 Å². The number of hydrogen-bond donors (Lipinski definition) is 0. The molecule has 3 heterocycles. The van der Waals surface area contributed by atoms with E-state index in [9.17, 15) is 9.18 Å². The molecule has 25 heavy (non-hydrogen) atoms. The summed E-state index contributed by atoms with van der Waals surface area (Å²) in [4.78, 5) is 16.8. The van der Waals surface area contributed by atoms with E-state index in [-0.39, 0.29) is 23.8 Å². The molecule has 1 aromatic carbocycles. The first-order valence-corrected chi connectivity index (χ1v) is 9.36. The molecule has 6 heteroatoms. The summed E-state index contributed by atoms with van der Waals surface area (Å²) in [6.07, 6.45) is 1.21. The van der Waals surface area contributed by atoms with Gasteiger partial charge in [-0.05, 0) is 24.5 Å². The molecule has 3 aliphatic heterocycles. The fourth-order valence-corrected chi connectivity index (χ4v) is 4.91. The van der Waals surface area contributed by atoms with Crippen molar-refractivity contribution in [1.82, 2.24) is 9.80 Å². The lowest BCUT2D eigenvalue weighted by Gasteiger charge is -2.34. The molecule has 4 rings (SSSR count). The number of likely N-dealkylation sites (tertiary alicyclic amines) is 1. The molecule has 0 aliphatic carbocycles. The van der Waals surface area contributed by atoms with Gasteiger partial charge >= 0.3 is 0 Å². The van der Waals surface area contributed by atoms with Crippen LogP contribution in [0, 0.1) is 18.7 Å². The molecule has 4 nitrogen and oxygen atoms in total. The first-order chi connectivity index (χ1) is 11.8. The lowest BCUT2D eigenvalue weighted by atomic mass is 10.0. The molecule has 0 aromatic heterocycles. The molecular formula is C19H24ClFN2O2. The first kappa shape index (κ1) is 17.3. The van der Waals surface area contributed by atoms with E-state index < -0.39 is 5.72 Å². The Morgan fingerprint density at radius 3 is 2.92 bits per heavy atom. The number of rotatable bonds is 3. The maximum atomic E-state index is 14.6. The summed E-state index contributed by atoms with van der Waals surface area (Å²) in [5.74, 6) is 0.267. The number of hydrogen-bond acceptors (Lipinski definition) is 3. The van der Waals surface area contributed by atoms with E-state index in [1.54, 1.807) is 19.1 Å². The van der Waals surface area contributed by atoms with Gasteiger partial charge in [-0.25, -0.2) is 4.39 Å². The molecule has 3 aliphatic rings. The van der Waals surface area contributed by atoms with Crippen molar-refractivity contribution in [3.05, 3.63) is 34.1 Å². The summed E-state index contributed by atoms with van der Waals surface area (Å²) >= 11 is 6.25. The Morgan fingerprint density at radius 1 is 1.44 bits per heavy atom. The van der Waals surface area contributed by atoms with Gasteiger partial charge in [-0.15, -0.1) is 0 Å². The summed E-state index contributed by atoms with van der Waals surface area (Å²) < 4.78 is 20.8. The minimum absolute atomic E-state index is 0.0280. The Kier molecular flexibility index (Phi) is 4.09. The van der Waals surface area contributed by atoms with Gasteiger partial charge in [-0.3, -0.25) is 9.69 Å². The van der Waals surface area contributed by atoms with Gasteiger partial charge in [0.1, 0.15) is 5.82 Å². The van der Waals surface area contributed by atoms with Crippen LogP contribution in [0.2, 0.25) is 5.02 Å². The van der Waals surface area contributed by atoms with E-state index >= 15 is 0 Å². The van der Waals surface area contributed by atoms with Crippen LogP contribution in [-0.2, 0) is 16.1 Å². The average molecular weight is 367 g/mol. The van der Waals surface area contributed by atoms with Crippen molar-refractivity contribution in [2.24, 2.45) is 5.92 Å². The van der Waals surface area contributed by atoms with E-state index in [0.29, 0.717) is 41.6 Å². The molecule has 3 saturated heterocycles. The molecule has 136 valence electrons. The van der Waals surface area contributed by atoms with Crippen molar-refractivity contribution in [2.75, 3.05) is 13.2 Å². The second-order valence-corrected chi connectivity index (χ2v) is 8.24. The highest BCUT2D eigenvalue weighted by atomic mass is 35.5. The highest BCUT2D eigenvalue weighted by Crippen LogP contribution is 2.49. The third-order valence-corrected chi connectivity index (χ3v) is 6.46. The van der Waals surface area contributed by atoms with Crippen LogP contribution in [0.25, 0.3) is 0 Å². The number of carbonyl (C=O) groups is 1. The third-order valence-electron chi connectivity index (χ3n) is 6.11. The number of halogens is 2. The van der Waals surface area contributed by atoms with E-state index in [2.05, 4.69) is 18.7 Å². The van der Waals surface area contributed by atoms with Crippen LogP contribution >= 0.6 is 11.6 Å². The zero-order valence-electron chi connectivity index (χ0n) is 14.9. The Hall–Kier alpha value is -1.17. The summed E-state index contributed by atoms with van der Waals surface area (Å²) in [6.45, 7) is 7.78. The largest absolute Gasteiger partial charge is 0.352 e. The van der Waals surface area contributed by atoms with Crippen molar-refractivity contribution < 1.29 is 13.9 Å². The average Bonchev–Trinajstić information content (AvgIpc) is 3.18. The molecule has 1 amide bonds. The standard InChI is InChI=1S/C19H24ClFN2O2/c1-11(2)15-10-25-19-6-7-22(16(19)8-17(24)23(15)19)9-13-14(20)5-4-12(3)18(13)21/h4-5,11,15-16H,6-10H2,1-3H3/t15-,16+,19-/m0/s1. The number of aryl methyl sites for hydroxylation is 1. The molecule has 0 saturated carbocycles. The van der Waals surface area contributed by atoms with Crippen LogP contribution in [-0.4, -0.2) is 46.7 Å². The molecule has 1 spiro atoms. The van der Waals surface area contributed by atoms with Gasteiger partial charge in [0.15, 0.2) is 5.72 Å². The highest BCUT2D eigenvalue weighted by Gasteiger charge is 2.64. The quantitative estimate of drug-likeness (QED) is 0.822. The van der Waals surface area contributed by atoms with Crippen LogP contribution < -0.4 is 0 Å². The fourth-order valence-electron chi connectivity index (χ4n) is 4.71. The molecule has 0 bridgehead atoms. The van der Waals surface area contributed by atoms with Crippen LogP contribution in [0.3, 0.4) is 0 Å². The molecule has 0 N–H and O–H groups in total. The van der Waals surface area contributed by atoms with Crippen molar-refractivity contribution in [1.29, 1.82) is 0 Å². The number of amides is 1. The zero-order valence-corrected chi connectivity index (χ0v) is 15.6. The van der Waals surface area contributed by atoms with Crippen molar-refractivity contribution in [3.63, 3.8) is 0 Å². The van der Waals surface area contributed by atoms with Gasteiger partial charge in [-0.2, -0.15) is 0 Å². The topological polar surface area (TPSA) is 32.8 Å². The van der Waals surface area contributed by atoms with Gasteiger partial charge in [0, 0.05) is 36.5 Å². The molecular weight excluding hydrogens is 343 g/mol. The Bertz CT molecular complexity index is 726. The van der Waals surface area contributed by atoms with Crippen molar-refractivity contribution in [3.8, 4) is 0 Å². The monoisotopic (exact) mass is 366 g/mol. The minimum atomic E-state index is -0.529. The Morgan fingerprint density at radius 2 is 2.20 bits per heavy atom. The number of carbonyl (C=O) groups excluding carboxylic acids is 1. The molecule has 3 fully saturated rings. The Balaban J connectivity index is 1.62.